The van der Waals surface area contributed by atoms with Crippen molar-refractivity contribution in [1.29, 1.82) is 0 Å². The van der Waals surface area contributed by atoms with Crippen molar-refractivity contribution in [3.8, 4) is 5.75 Å². The zero-order valence-corrected chi connectivity index (χ0v) is 9.49. The maximum atomic E-state index is 14.6. The zero-order chi connectivity index (χ0) is 12.6. The Balaban J connectivity index is 3.32. The highest BCUT2D eigenvalue weighted by Crippen LogP contribution is 2.46. The fourth-order valence-corrected chi connectivity index (χ4v) is 1.41. The number of aromatic hydroxyl groups is 1. The Morgan fingerprint density at radius 2 is 1.75 bits per heavy atom. The number of phenols is 1. The summed E-state index contributed by atoms with van der Waals surface area (Å²) in [4.78, 5) is 11.0. The van der Waals surface area contributed by atoms with Crippen LogP contribution < -0.4 is 0 Å². The van der Waals surface area contributed by atoms with Crippen molar-refractivity contribution < 1.29 is 19.4 Å². The molecule has 0 radical (unpaired) electrons. The molecule has 0 bridgehead atoms. The van der Waals surface area contributed by atoms with E-state index < -0.39 is 17.1 Å². The number of carboxylic acids is 1. The van der Waals surface area contributed by atoms with E-state index >= 15 is 0 Å². The first-order valence-electron chi connectivity index (χ1n) is 4.92. The van der Waals surface area contributed by atoms with Crippen molar-refractivity contribution in [1.82, 2.24) is 0 Å². The normalized spacial score (nSPS) is 15.5. The van der Waals surface area contributed by atoms with Crippen LogP contribution in [0.5, 0.6) is 5.75 Å². The van der Waals surface area contributed by atoms with E-state index in [-0.39, 0.29) is 11.3 Å². The number of benzene rings is 1. The molecule has 0 aliphatic rings. The first-order valence-corrected chi connectivity index (χ1v) is 4.92. The number of aliphatic carboxylic acids is 1. The van der Waals surface area contributed by atoms with Gasteiger partial charge in [0.2, 0.25) is 0 Å². The Morgan fingerprint density at radius 1 is 1.25 bits per heavy atom. The van der Waals surface area contributed by atoms with Crippen LogP contribution in [0.15, 0.2) is 24.3 Å². The monoisotopic (exact) mass is 226 g/mol. The molecule has 0 spiro atoms. The molecule has 0 amide bonds. The second-order valence-electron chi connectivity index (χ2n) is 4.45. The van der Waals surface area contributed by atoms with E-state index in [0.29, 0.717) is 0 Å². The number of hydrogen-bond donors (Lipinski definition) is 2. The molecule has 1 aromatic carbocycles. The number of carboxylic acid groups (broad SMARTS) is 1. The first-order chi connectivity index (χ1) is 7.21. The molecule has 0 saturated heterocycles. The third-order valence-corrected chi connectivity index (χ3v) is 3.12. The Morgan fingerprint density at radius 3 is 2.19 bits per heavy atom. The molecule has 0 heterocycles. The second-order valence-corrected chi connectivity index (χ2v) is 4.45. The van der Waals surface area contributed by atoms with Gasteiger partial charge in [-0.2, -0.15) is 0 Å². The van der Waals surface area contributed by atoms with Crippen LogP contribution in [-0.2, 0) is 10.5 Å². The summed E-state index contributed by atoms with van der Waals surface area (Å²) in [6, 6.07) is 5.85. The van der Waals surface area contributed by atoms with Gasteiger partial charge in [0.25, 0.3) is 0 Å². The molecule has 4 heteroatoms. The summed E-state index contributed by atoms with van der Waals surface area (Å²) < 4.78 is 14.6. The highest BCUT2D eigenvalue weighted by Gasteiger charge is 2.49. The number of halogens is 1. The van der Waals surface area contributed by atoms with Crippen molar-refractivity contribution in [2.24, 2.45) is 5.41 Å². The molecular weight excluding hydrogens is 211 g/mol. The fraction of sp³-hybridized carbons (Fsp3) is 0.417. The summed E-state index contributed by atoms with van der Waals surface area (Å²) >= 11 is 0. The summed E-state index contributed by atoms with van der Waals surface area (Å²) in [5, 5.41) is 18.6. The highest BCUT2D eigenvalue weighted by atomic mass is 19.1. The molecule has 2 N–H and O–H groups in total. The average Bonchev–Trinajstić information content (AvgIpc) is 2.17. The summed E-state index contributed by atoms with van der Waals surface area (Å²) in [5.41, 5.74) is -3.78. The van der Waals surface area contributed by atoms with Crippen LogP contribution in [-0.4, -0.2) is 16.2 Å². The third-order valence-electron chi connectivity index (χ3n) is 3.12. The SMILES string of the molecule is CC(C)(C(=O)O)C(C)(F)c1ccccc1O. The van der Waals surface area contributed by atoms with Crippen molar-refractivity contribution in [3.05, 3.63) is 29.8 Å². The van der Waals surface area contributed by atoms with Crippen LogP contribution in [0.4, 0.5) is 4.39 Å². The Labute approximate surface area is 93.5 Å². The lowest BCUT2D eigenvalue weighted by Crippen LogP contribution is -2.41. The molecule has 0 aliphatic heterocycles. The van der Waals surface area contributed by atoms with Gasteiger partial charge in [0.05, 0.1) is 0 Å². The van der Waals surface area contributed by atoms with E-state index in [1.54, 1.807) is 12.1 Å². The minimum Gasteiger partial charge on any atom is -0.508 e. The van der Waals surface area contributed by atoms with Crippen molar-refractivity contribution in [2.45, 2.75) is 26.4 Å². The number of rotatable bonds is 3. The lowest BCUT2D eigenvalue weighted by molar-refractivity contribution is -0.156. The van der Waals surface area contributed by atoms with Gasteiger partial charge in [0, 0.05) is 5.56 Å². The van der Waals surface area contributed by atoms with E-state index in [9.17, 15) is 14.3 Å². The second kappa shape index (κ2) is 3.77. The van der Waals surface area contributed by atoms with E-state index in [1.807, 2.05) is 0 Å². The maximum absolute atomic E-state index is 14.6. The number of hydrogen-bond acceptors (Lipinski definition) is 2. The molecule has 16 heavy (non-hydrogen) atoms. The number of alkyl halides is 1. The zero-order valence-electron chi connectivity index (χ0n) is 9.49. The predicted molar refractivity (Wildman–Crippen MR) is 58.0 cm³/mol. The summed E-state index contributed by atoms with van der Waals surface area (Å²) in [6.07, 6.45) is 0. The molecule has 1 aromatic rings. The Kier molecular flexibility index (Phi) is 2.95. The molecule has 3 nitrogen and oxygen atoms in total. The van der Waals surface area contributed by atoms with Crippen molar-refractivity contribution >= 4 is 5.97 Å². The van der Waals surface area contributed by atoms with Gasteiger partial charge in [-0.05, 0) is 26.8 Å². The molecule has 1 rings (SSSR count). The standard InChI is InChI=1S/C12H15FO3/c1-11(2,10(15)16)12(3,13)8-6-4-5-7-9(8)14/h4-7,14H,1-3H3,(H,15,16). The van der Waals surface area contributed by atoms with Gasteiger partial charge in [-0.3, -0.25) is 4.79 Å². The maximum Gasteiger partial charge on any atom is 0.312 e. The Hall–Kier alpha value is -1.58. The van der Waals surface area contributed by atoms with Crippen LogP contribution in [0.1, 0.15) is 26.3 Å². The van der Waals surface area contributed by atoms with Crippen molar-refractivity contribution in [3.63, 3.8) is 0 Å². The quantitative estimate of drug-likeness (QED) is 0.833. The number of para-hydroxylation sites is 1. The Bertz CT molecular complexity index is 410. The minimum absolute atomic E-state index is 0.0117. The largest absolute Gasteiger partial charge is 0.508 e. The molecule has 1 atom stereocenters. The number of phenolic OH excluding ortho intramolecular Hbond substituents is 1. The van der Waals surface area contributed by atoms with Gasteiger partial charge in [0.1, 0.15) is 11.2 Å². The van der Waals surface area contributed by atoms with Gasteiger partial charge in [-0.25, -0.2) is 4.39 Å². The van der Waals surface area contributed by atoms with Gasteiger partial charge in [-0.15, -0.1) is 0 Å². The van der Waals surface area contributed by atoms with Crippen molar-refractivity contribution in [2.75, 3.05) is 0 Å². The topological polar surface area (TPSA) is 57.5 Å². The van der Waals surface area contributed by atoms with Crippen LogP contribution in [0.3, 0.4) is 0 Å². The summed E-state index contributed by atoms with van der Waals surface area (Å²) in [6.45, 7) is 3.75. The van der Waals surface area contributed by atoms with Crippen LogP contribution in [0.2, 0.25) is 0 Å². The lowest BCUT2D eigenvalue weighted by atomic mass is 9.73. The van der Waals surface area contributed by atoms with Gasteiger partial charge >= 0.3 is 5.97 Å². The minimum atomic E-state index is -2.15. The van der Waals surface area contributed by atoms with Crippen LogP contribution in [0, 0.1) is 5.41 Å². The lowest BCUT2D eigenvalue weighted by Gasteiger charge is -2.34. The smallest absolute Gasteiger partial charge is 0.312 e. The third kappa shape index (κ3) is 1.75. The van der Waals surface area contributed by atoms with E-state index in [2.05, 4.69) is 0 Å². The molecule has 88 valence electrons. The first kappa shape index (κ1) is 12.5. The van der Waals surface area contributed by atoms with Gasteiger partial charge in [0.15, 0.2) is 5.67 Å². The molecule has 0 saturated carbocycles. The average molecular weight is 226 g/mol. The summed E-state index contributed by atoms with van der Waals surface area (Å²) in [5.74, 6) is -1.48. The van der Waals surface area contributed by atoms with E-state index in [4.69, 9.17) is 5.11 Å². The summed E-state index contributed by atoms with van der Waals surface area (Å²) in [7, 11) is 0. The van der Waals surface area contributed by atoms with Crippen LogP contribution >= 0.6 is 0 Å². The molecule has 1 unspecified atom stereocenters. The molecule has 0 aliphatic carbocycles. The predicted octanol–water partition coefficient (Wildman–Crippen LogP) is 2.69. The van der Waals surface area contributed by atoms with Gasteiger partial charge in [-0.1, -0.05) is 18.2 Å². The number of carbonyl (C=O) groups is 1. The molecule has 0 aromatic heterocycles. The fourth-order valence-electron chi connectivity index (χ4n) is 1.41. The van der Waals surface area contributed by atoms with E-state index in [0.717, 1.165) is 6.92 Å². The molecule has 0 fully saturated rings. The molecular formula is C12H15FO3. The van der Waals surface area contributed by atoms with E-state index in [1.165, 1.54) is 26.0 Å². The highest BCUT2D eigenvalue weighted by molar-refractivity contribution is 5.76. The van der Waals surface area contributed by atoms with Gasteiger partial charge < -0.3 is 10.2 Å². The van der Waals surface area contributed by atoms with Crippen LogP contribution in [0.25, 0.3) is 0 Å².